The number of carbonyl (C=O) groups is 1. The van der Waals surface area contributed by atoms with Crippen molar-refractivity contribution in [2.24, 2.45) is 5.73 Å². The van der Waals surface area contributed by atoms with E-state index in [0.29, 0.717) is 11.3 Å². The molecule has 1 heterocycles. The molecule has 0 aliphatic carbocycles. The van der Waals surface area contributed by atoms with Gasteiger partial charge in [0, 0.05) is 5.69 Å². The van der Waals surface area contributed by atoms with Gasteiger partial charge in [0.2, 0.25) is 0 Å². The fourth-order valence-electron chi connectivity index (χ4n) is 2.59. The smallest absolute Gasteiger partial charge is 0.341 e. The van der Waals surface area contributed by atoms with Gasteiger partial charge in [-0.15, -0.1) is 24.8 Å². The third-order valence-electron chi connectivity index (χ3n) is 3.82. The van der Waals surface area contributed by atoms with Gasteiger partial charge < -0.3 is 4.74 Å². The molecule has 1 aromatic carbocycles. The Kier molecular flexibility index (Phi) is 10.4. The summed E-state index contributed by atoms with van der Waals surface area (Å²) >= 11 is 0. The molecule has 0 fully saturated rings. The van der Waals surface area contributed by atoms with Gasteiger partial charge in [-0.1, -0.05) is 43.2 Å². The van der Waals surface area contributed by atoms with E-state index in [-0.39, 0.29) is 31.5 Å². The summed E-state index contributed by atoms with van der Waals surface area (Å²) in [7, 11) is 0. The van der Waals surface area contributed by atoms with Crippen LogP contribution in [0.25, 0.3) is 11.1 Å². The van der Waals surface area contributed by atoms with Crippen molar-refractivity contribution >= 4 is 30.8 Å². The summed E-state index contributed by atoms with van der Waals surface area (Å²) in [6, 6.07) is 10.1. The number of unbranched alkanes of at least 4 members (excludes halogenated alkanes) is 1. The lowest BCUT2D eigenvalue weighted by Crippen LogP contribution is -2.15. The zero-order valence-corrected chi connectivity index (χ0v) is 16.5. The third-order valence-corrected chi connectivity index (χ3v) is 3.82. The molecular weight excluding hydrogens is 359 g/mol. The van der Waals surface area contributed by atoms with E-state index < -0.39 is 5.97 Å². The van der Waals surface area contributed by atoms with Gasteiger partial charge in [0.1, 0.15) is 6.73 Å². The van der Waals surface area contributed by atoms with Crippen LogP contribution >= 0.6 is 24.8 Å². The van der Waals surface area contributed by atoms with Crippen molar-refractivity contribution in [3.63, 3.8) is 0 Å². The van der Waals surface area contributed by atoms with Crippen molar-refractivity contribution in [3.8, 4) is 11.1 Å². The number of esters is 1. The molecule has 0 saturated heterocycles. The standard InChI is InChI=1S/C19H24N2O2.2ClH/c1-4-5-6-16-11-17(15-9-7-13(2)8-10-15)18(14(3)21-16)19(22)23-12-20;;/h7-11H,4-6,12,20H2,1-3H3;2*1H. The SMILES string of the molecule is CCCCc1cc(-c2ccc(C)cc2)c(C(=O)OCN)c(C)n1.Cl.Cl. The molecule has 2 N–H and O–H groups in total. The molecule has 0 bridgehead atoms. The molecule has 25 heavy (non-hydrogen) atoms. The van der Waals surface area contributed by atoms with Gasteiger partial charge in [-0.25, -0.2) is 4.79 Å². The highest BCUT2D eigenvalue weighted by Crippen LogP contribution is 2.28. The average Bonchev–Trinajstić information content (AvgIpc) is 2.53. The van der Waals surface area contributed by atoms with Crippen molar-refractivity contribution in [2.75, 3.05) is 6.73 Å². The first kappa shape index (κ1) is 23.4. The minimum Gasteiger partial charge on any atom is -0.446 e. The molecule has 0 amide bonds. The van der Waals surface area contributed by atoms with Crippen LogP contribution < -0.4 is 5.73 Å². The van der Waals surface area contributed by atoms with E-state index in [4.69, 9.17) is 10.5 Å². The normalized spacial score (nSPS) is 9.76. The number of rotatable bonds is 6. The predicted molar refractivity (Wildman–Crippen MR) is 107 cm³/mol. The fraction of sp³-hybridized carbons (Fsp3) is 0.368. The average molecular weight is 385 g/mol. The molecule has 0 unspecified atom stereocenters. The summed E-state index contributed by atoms with van der Waals surface area (Å²) in [5, 5.41) is 0. The minimum absolute atomic E-state index is 0. The summed E-state index contributed by atoms with van der Waals surface area (Å²) in [5.74, 6) is -0.421. The third kappa shape index (κ3) is 5.99. The maximum Gasteiger partial charge on any atom is 0.341 e. The van der Waals surface area contributed by atoms with E-state index in [1.54, 1.807) is 0 Å². The Balaban J connectivity index is 0.00000288. The number of aromatic nitrogens is 1. The molecule has 0 atom stereocenters. The number of carbonyl (C=O) groups excluding carboxylic acids is 1. The number of hydrogen-bond acceptors (Lipinski definition) is 4. The Bertz CT molecular complexity index is 689. The molecule has 138 valence electrons. The van der Waals surface area contributed by atoms with Crippen molar-refractivity contribution in [1.29, 1.82) is 0 Å². The molecule has 0 aliphatic rings. The molecule has 2 aromatic rings. The number of ether oxygens (including phenoxy) is 1. The first-order valence-electron chi connectivity index (χ1n) is 8.01. The van der Waals surface area contributed by atoms with Crippen LogP contribution in [0.15, 0.2) is 30.3 Å². The topological polar surface area (TPSA) is 65.2 Å². The summed E-state index contributed by atoms with van der Waals surface area (Å²) in [4.78, 5) is 16.9. The Hall–Kier alpha value is -1.62. The molecule has 4 nitrogen and oxygen atoms in total. The maximum absolute atomic E-state index is 12.3. The van der Waals surface area contributed by atoms with Gasteiger partial charge in [-0.2, -0.15) is 0 Å². The lowest BCUT2D eigenvalue weighted by molar-refractivity contribution is 0.0515. The monoisotopic (exact) mass is 384 g/mol. The van der Waals surface area contributed by atoms with E-state index in [1.165, 1.54) is 5.56 Å². The zero-order chi connectivity index (χ0) is 16.8. The summed E-state index contributed by atoms with van der Waals surface area (Å²) in [6.07, 6.45) is 3.09. The van der Waals surface area contributed by atoms with Crippen LogP contribution in [-0.4, -0.2) is 17.7 Å². The second-order valence-electron chi connectivity index (χ2n) is 5.69. The van der Waals surface area contributed by atoms with E-state index in [0.717, 1.165) is 36.1 Å². The van der Waals surface area contributed by atoms with Crippen LogP contribution in [0.3, 0.4) is 0 Å². The second-order valence-corrected chi connectivity index (χ2v) is 5.69. The largest absolute Gasteiger partial charge is 0.446 e. The number of hydrogen-bond donors (Lipinski definition) is 1. The highest BCUT2D eigenvalue weighted by molar-refractivity contribution is 5.98. The quantitative estimate of drug-likeness (QED) is 0.582. The number of nitrogens with two attached hydrogens (primary N) is 1. The summed E-state index contributed by atoms with van der Waals surface area (Å²) in [6.45, 7) is 5.90. The highest BCUT2D eigenvalue weighted by Gasteiger charge is 2.19. The first-order valence-corrected chi connectivity index (χ1v) is 8.01. The van der Waals surface area contributed by atoms with Gasteiger partial charge >= 0.3 is 5.97 Å². The van der Waals surface area contributed by atoms with Crippen molar-refractivity contribution in [2.45, 2.75) is 40.0 Å². The number of halogens is 2. The van der Waals surface area contributed by atoms with E-state index in [9.17, 15) is 4.79 Å². The van der Waals surface area contributed by atoms with Gasteiger partial charge in [0.25, 0.3) is 0 Å². The molecule has 0 spiro atoms. The molecule has 1 aromatic heterocycles. The van der Waals surface area contributed by atoms with Gasteiger partial charge in [0.05, 0.1) is 11.3 Å². The van der Waals surface area contributed by atoms with Crippen molar-refractivity contribution < 1.29 is 9.53 Å². The predicted octanol–water partition coefficient (Wildman–Crippen LogP) is 4.62. The number of pyridine rings is 1. The lowest BCUT2D eigenvalue weighted by Gasteiger charge is -2.14. The molecular formula is C19H26Cl2N2O2. The fourth-order valence-corrected chi connectivity index (χ4v) is 2.59. The molecule has 0 aliphatic heterocycles. The van der Waals surface area contributed by atoms with Crippen LogP contribution in [-0.2, 0) is 11.2 Å². The van der Waals surface area contributed by atoms with Crippen LogP contribution in [0, 0.1) is 13.8 Å². The lowest BCUT2D eigenvalue weighted by atomic mass is 9.96. The van der Waals surface area contributed by atoms with Crippen LogP contribution in [0.5, 0.6) is 0 Å². The van der Waals surface area contributed by atoms with Gasteiger partial charge in [-0.3, -0.25) is 10.7 Å². The Labute approximate surface area is 162 Å². The van der Waals surface area contributed by atoms with Crippen LogP contribution in [0.1, 0.15) is 47.1 Å². The first-order chi connectivity index (χ1) is 11.1. The van der Waals surface area contributed by atoms with E-state index in [2.05, 4.69) is 11.9 Å². The van der Waals surface area contributed by atoms with Crippen molar-refractivity contribution in [1.82, 2.24) is 4.98 Å². The number of benzene rings is 1. The molecule has 0 radical (unpaired) electrons. The zero-order valence-electron chi connectivity index (χ0n) is 14.9. The molecule has 0 saturated carbocycles. The summed E-state index contributed by atoms with van der Waals surface area (Å²) in [5.41, 5.74) is 10.6. The Morgan fingerprint density at radius 2 is 1.80 bits per heavy atom. The molecule has 6 heteroatoms. The second kappa shape index (κ2) is 11.1. The number of aryl methyl sites for hydroxylation is 3. The molecule has 2 rings (SSSR count). The van der Waals surface area contributed by atoms with Gasteiger partial charge in [0.15, 0.2) is 0 Å². The van der Waals surface area contributed by atoms with E-state index >= 15 is 0 Å². The minimum atomic E-state index is -0.421. The summed E-state index contributed by atoms with van der Waals surface area (Å²) < 4.78 is 5.01. The van der Waals surface area contributed by atoms with E-state index in [1.807, 2.05) is 44.2 Å². The Morgan fingerprint density at radius 1 is 1.16 bits per heavy atom. The highest BCUT2D eigenvalue weighted by atomic mass is 35.5. The Morgan fingerprint density at radius 3 is 2.36 bits per heavy atom. The van der Waals surface area contributed by atoms with Crippen LogP contribution in [0.2, 0.25) is 0 Å². The maximum atomic E-state index is 12.3. The van der Waals surface area contributed by atoms with Crippen molar-refractivity contribution in [3.05, 3.63) is 52.8 Å². The van der Waals surface area contributed by atoms with Crippen LogP contribution in [0.4, 0.5) is 0 Å². The number of nitrogens with zero attached hydrogens (tertiary/aromatic N) is 1. The van der Waals surface area contributed by atoms with Gasteiger partial charge in [-0.05, 0) is 43.9 Å².